The zero-order valence-electron chi connectivity index (χ0n) is 9.73. The third-order valence-corrected chi connectivity index (χ3v) is 2.55. The highest BCUT2D eigenvalue weighted by Gasteiger charge is 2.01. The van der Waals surface area contributed by atoms with Gasteiger partial charge < -0.3 is 5.32 Å². The lowest BCUT2D eigenvalue weighted by atomic mass is 10.2. The molecule has 0 aliphatic rings. The normalized spacial score (nSPS) is 10.7. The first-order valence-electron chi connectivity index (χ1n) is 5.66. The Labute approximate surface area is 106 Å². The lowest BCUT2D eigenvalue weighted by Crippen LogP contribution is -2.14. The van der Waals surface area contributed by atoms with Crippen LogP contribution in [0.1, 0.15) is 18.9 Å². The Balaban J connectivity index is 2.11. The van der Waals surface area contributed by atoms with Crippen molar-refractivity contribution in [1.29, 1.82) is 0 Å². The quantitative estimate of drug-likeness (QED) is 0.829. The van der Waals surface area contributed by atoms with Crippen molar-refractivity contribution in [2.45, 2.75) is 19.9 Å². The fourth-order valence-corrected chi connectivity index (χ4v) is 1.67. The van der Waals surface area contributed by atoms with Crippen molar-refractivity contribution >= 4 is 11.6 Å². The molecule has 2 rings (SSSR count). The second-order valence-electron chi connectivity index (χ2n) is 3.80. The Morgan fingerprint density at radius 2 is 2.35 bits per heavy atom. The van der Waals surface area contributed by atoms with Gasteiger partial charge in [-0.25, -0.2) is 9.67 Å². The molecule has 0 spiro atoms. The second-order valence-corrected chi connectivity index (χ2v) is 4.24. The summed E-state index contributed by atoms with van der Waals surface area (Å²) >= 11 is 5.83. The molecule has 0 bridgehead atoms. The SMILES string of the molecule is CCCNCc1ccnc(-n2cc(Cl)cn2)c1. The van der Waals surface area contributed by atoms with Crippen LogP contribution in [-0.4, -0.2) is 21.3 Å². The number of aromatic nitrogens is 3. The van der Waals surface area contributed by atoms with Crippen LogP contribution < -0.4 is 5.32 Å². The predicted octanol–water partition coefficient (Wildman–Crippen LogP) is 2.42. The van der Waals surface area contributed by atoms with E-state index in [0.29, 0.717) is 5.02 Å². The van der Waals surface area contributed by atoms with Gasteiger partial charge in [-0.1, -0.05) is 18.5 Å². The average molecular weight is 251 g/mol. The van der Waals surface area contributed by atoms with Crippen LogP contribution >= 0.6 is 11.6 Å². The van der Waals surface area contributed by atoms with Gasteiger partial charge >= 0.3 is 0 Å². The van der Waals surface area contributed by atoms with Crippen LogP contribution in [0.3, 0.4) is 0 Å². The molecule has 0 aliphatic carbocycles. The van der Waals surface area contributed by atoms with Gasteiger partial charge in [0.25, 0.3) is 0 Å². The molecule has 0 unspecified atom stereocenters. The number of pyridine rings is 1. The number of halogens is 1. The number of nitrogens with one attached hydrogen (secondary N) is 1. The number of hydrogen-bond acceptors (Lipinski definition) is 3. The fourth-order valence-electron chi connectivity index (χ4n) is 1.53. The Morgan fingerprint density at radius 1 is 1.47 bits per heavy atom. The lowest BCUT2D eigenvalue weighted by molar-refractivity contribution is 0.673. The molecule has 2 heterocycles. The number of rotatable bonds is 5. The van der Waals surface area contributed by atoms with E-state index in [4.69, 9.17) is 11.6 Å². The summed E-state index contributed by atoms with van der Waals surface area (Å²) in [5, 5.41) is 8.09. The maximum absolute atomic E-state index is 5.83. The zero-order chi connectivity index (χ0) is 12.1. The standard InChI is InChI=1S/C12H15ClN4/c1-2-4-14-7-10-3-5-15-12(6-10)17-9-11(13)8-16-17/h3,5-6,8-9,14H,2,4,7H2,1H3. The Morgan fingerprint density at radius 3 is 3.06 bits per heavy atom. The molecule has 5 heteroatoms. The van der Waals surface area contributed by atoms with Crippen molar-refractivity contribution in [3.63, 3.8) is 0 Å². The van der Waals surface area contributed by atoms with Crippen LogP contribution in [0.15, 0.2) is 30.7 Å². The van der Waals surface area contributed by atoms with Gasteiger partial charge in [0.1, 0.15) is 0 Å². The van der Waals surface area contributed by atoms with Gasteiger partial charge in [-0.05, 0) is 30.7 Å². The third kappa shape index (κ3) is 3.28. The van der Waals surface area contributed by atoms with Crippen molar-refractivity contribution in [2.75, 3.05) is 6.54 Å². The molecule has 0 amide bonds. The van der Waals surface area contributed by atoms with E-state index in [1.54, 1.807) is 23.3 Å². The molecule has 1 N–H and O–H groups in total. The molecule has 0 aromatic carbocycles. The second kappa shape index (κ2) is 5.80. The highest BCUT2D eigenvalue weighted by atomic mass is 35.5. The number of hydrogen-bond donors (Lipinski definition) is 1. The van der Waals surface area contributed by atoms with E-state index in [0.717, 1.165) is 25.3 Å². The minimum absolute atomic E-state index is 0.612. The van der Waals surface area contributed by atoms with Gasteiger partial charge in [-0.3, -0.25) is 0 Å². The van der Waals surface area contributed by atoms with Crippen LogP contribution in [0.5, 0.6) is 0 Å². The molecule has 0 saturated heterocycles. The van der Waals surface area contributed by atoms with E-state index < -0.39 is 0 Å². The molecule has 0 saturated carbocycles. The summed E-state index contributed by atoms with van der Waals surface area (Å²) in [6.07, 6.45) is 6.26. The Kier molecular flexibility index (Phi) is 4.12. The van der Waals surface area contributed by atoms with Gasteiger partial charge in [0, 0.05) is 12.7 Å². The first-order chi connectivity index (χ1) is 8.29. The van der Waals surface area contributed by atoms with Crippen LogP contribution in [0.2, 0.25) is 5.02 Å². The Hall–Kier alpha value is -1.39. The maximum atomic E-state index is 5.83. The summed E-state index contributed by atoms with van der Waals surface area (Å²) in [5.41, 5.74) is 1.19. The topological polar surface area (TPSA) is 42.7 Å². The third-order valence-electron chi connectivity index (χ3n) is 2.35. The molecular formula is C12H15ClN4. The first-order valence-corrected chi connectivity index (χ1v) is 6.03. The van der Waals surface area contributed by atoms with Crippen molar-refractivity contribution < 1.29 is 0 Å². The van der Waals surface area contributed by atoms with Crippen LogP contribution in [-0.2, 0) is 6.54 Å². The van der Waals surface area contributed by atoms with Crippen LogP contribution in [0.4, 0.5) is 0 Å². The summed E-state index contributed by atoms with van der Waals surface area (Å²) in [7, 11) is 0. The van der Waals surface area contributed by atoms with Crippen molar-refractivity contribution in [3.8, 4) is 5.82 Å². The van der Waals surface area contributed by atoms with E-state index in [1.165, 1.54) is 5.56 Å². The molecule has 0 radical (unpaired) electrons. The van der Waals surface area contributed by atoms with Crippen molar-refractivity contribution in [1.82, 2.24) is 20.1 Å². The lowest BCUT2D eigenvalue weighted by Gasteiger charge is -2.05. The van der Waals surface area contributed by atoms with E-state index in [1.807, 2.05) is 12.1 Å². The van der Waals surface area contributed by atoms with Gasteiger partial charge in [0.05, 0.1) is 17.4 Å². The van der Waals surface area contributed by atoms with Gasteiger partial charge in [0.2, 0.25) is 0 Å². The Bertz CT molecular complexity index is 481. The summed E-state index contributed by atoms with van der Waals surface area (Å²) in [4.78, 5) is 4.27. The maximum Gasteiger partial charge on any atom is 0.153 e. The summed E-state index contributed by atoms with van der Waals surface area (Å²) in [6.45, 7) is 4.01. The van der Waals surface area contributed by atoms with E-state index in [9.17, 15) is 0 Å². The number of nitrogens with zero attached hydrogens (tertiary/aromatic N) is 3. The van der Waals surface area contributed by atoms with Gasteiger partial charge in [0.15, 0.2) is 5.82 Å². The summed E-state index contributed by atoms with van der Waals surface area (Å²) in [6, 6.07) is 4.00. The molecule has 4 nitrogen and oxygen atoms in total. The zero-order valence-corrected chi connectivity index (χ0v) is 10.5. The fraction of sp³-hybridized carbons (Fsp3) is 0.333. The molecule has 2 aromatic heterocycles. The molecular weight excluding hydrogens is 236 g/mol. The minimum Gasteiger partial charge on any atom is -0.313 e. The van der Waals surface area contributed by atoms with Crippen LogP contribution in [0, 0.1) is 0 Å². The first kappa shape index (κ1) is 12.1. The predicted molar refractivity (Wildman–Crippen MR) is 68.4 cm³/mol. The van der Waals surface area contributed by atoms with Gasteiger partial charge in [-0.15, -0.1) is 0 Å². The van der Waals surface area contributed by atoms with E-state index in [2.05, 4.69) is 22.3 Å². The summed E-state index contributed by atoms with van der Waals surface area (Å²) < 4.78 is 1.67. The molecule has 0 atom stereocenters. The molecule has 0 aliphatic heterocycles. The smallest absolute Gasteiger partial charge is 0.153 e. The minimum atomic E-state index is 0.612. The van der Waals surface area contributed by atoms with Crippen LogP contribution in [0.25, 0.3) is 5.82 Å². The van der Waals surface area contributed by atoms with E-state index in [-0.39, 0.29) is 0 Å². The highest BCUT2D eigenvalue weighted by molar-refractivity contribution is 6.30. The van der Waals surface area contributed by atoms with Crippen molar-refractivity contribution in [3.05, 3.63) is 41.3 Å². The van der Waals surface area contributed by atoms with E-state index >= 15 is 0 Å². The summed E-state index contributed by atoms with van der Waals surface area (Å²) in [5.74, 6) is 0.785. The van der Waals surface area contributed by atoms with Gasteiger partial charge in [-0.2, -0.15) is 5.10 Å². The average Bonchev–Trinajstić information content (AvgIpc) is 2.77. The highest BCUT2D eigenvalue weighted by Crippen LogP contribution is 2.11. The molecule has 90 valence electrons. The molecule has 17 heavy (non-hydrogen) atoms. The van der Waals surface area contributed by atoms with Crippen molar-refractivity contribution in [2.24, 2.45) is 0 Å². The molecule has 0 fully saturated rings. The molecule has 2 aromatic rings. The largest absolute Gasteiger partial charge is 0.313 e. The monoisotopic (exact) mass is 250 g/mol.